The minimum absolute atomic E-state index is 0.0988. The number of anilines is 1. The maximum atomic E-state index is 11.6. The van der Waals surface area contributed by atoms with Gasteiger partial charge in [-0.1, -0.05) is 0 Å². The van der Waals surface area contributed by atoms with Crippen molar-refractivity contribution in [1.82, 2.24) is 9.55 Å². The molecule has 1 aromatic heterocycles. The maximum absolute atomic E-state index is 11.6. The van der Waals surface area contributed by atoms with E-state index in [9.17, 15) is 4.79 Å². The lowest BCUT2D eigenvalue weighted by Gasteiger charge is -2.22. The number of nitrogens with one attached hydrogen (secondary N) is 1. The Labute approximate surface area is 94.5 Å². The minimum Gasteiger partial charge on any atom is -0.376 e. The van der Waals surface area contributed by atoms with E-state index in [1.54, 1.807) is 19.4 Å². The molecule has 1 unspecified atom stereocenters. The van der Waals surface area contributed by atoms with Crippen LogP contribution < -0.4 is 10.9 Å². The van der Waals surface area contributed by atoms with Gasteiger partial charge in [-0.25, -0.2) is 4.98 Å². The fraction of sp³-hybridized carbons (Fsp3) is 0.636. The Morgan fingerprint density at radius 2 is 2.50 bits per heavy atom. The fourth-order valence-electron chi connectivity index (χ4n) is 1.80. The van der Waals surface area contributed by atoms with Crippen LogP contribution in [-0.2, 0) is 11.8 Å². The second-order valence-corrected chi connectivity index (χ2v) is 4.06. The van der Waals surface area contributed by atoms with Gasteiger partial charge in [0.1, 0.15) is 0 Å². The summed E-state index contributed by atoms with van der Waals surface area (Å²) in [6.45, 7) is 1.48. The highest BCUT2D eigenvalue weighted by Gasteiger charge is 2.14. The summed E-state index contributed by atoms with van der Waals surface area (Å²) in [5.41, 5.74) is -0.0988. The molecule has 16 heavy (non-hydrogen) atoms. The van der Waals surface area contributed by atoms with Gasteiger partial charge in [0.05, 0.1) is 6.10 Å². The van der Waals surface area contributed by atoms with Crippen LogP contribution in [0.3, 0.4) is 0 Å². The highest BCUT2D eigenvalue weighted by Crippen LogP contribution is 2.12. The number of nitrogens with zero attached hydrogens (tertiary/aromatic N) is 2. The Kier molecular flexibility index (Phi) is 3.56. The predicted octanol–water partition coefficient (Wildman–Crippen LogP) is 0.761. The highest BCUT2D eigenvalue weighted by molar-refractivity contribution is 5.30. The van der Waals surface area contributed by atoms with Crippen LogP contribution >= 0.6 is 0 Å². The van der Waals surface area contributed by atoms with Gasteiger partial charge in [-0.15, -0.1) is 0 Å². The summed E-state index contributed by atoms with van der Waals surface area (Å²) in [5, 5.41) is 3.05. The monoisotopic (exact) mass is 223 g/mol. The molecule has 0 spiro atoms. The molecule has 1 aliphatic rings. The second-order valence-electron chi connectivity index (χ2n) is 4.06. The summed E-state index contributed by atoms with van der Waals surface area (Å²) in [5.74, 6) is 0.402. The highest BCUT2D eigenvalue weighted by atomic mass is 16.5. The van der Waals surface area contributed by atoms with E-state index in [2.05, 4.69) is 10.3 Å². The summed E-state index contributed by atoms with van der Waals surface area (Å²) < 4.78 is 7.08. The van der Waals surface area contributed by atoms with Crippen molar-refractivity contribution in [3.8, 4) is 0 Å². The van der Waals surface area contributed by atoms with Crippen molar-refractivity contribution in [3.05, 3.63) is 22.7 Å². The van der Waals surface area contributed by atoms with E-state index in [1.165, 1.54) is 11.0 Å². The third kappa shape index (κ3) is 2.61. The van der Waals surface area contributed by atoms with Gasteiger partial charge in [-0.2, -0.15) is 0 Å². The summed E-state index contributed by atoms with van der Waals surface area (Å²) >= 11 is 0. The van der Waals surface area contributed by atoms with Gasteiger partial charge in [0, 0.05) is 32.6 Å². The van der Waals surface area contributed by atoms with Gasteiger partial charge in [0.2, 0.25) is 0 Å². The van der Waals surface area contributed by atoms with Gasteiger partial charge in [-0.05, 0) is 19.3 Å². The van der Waals surface area contributed by atoms with Crippen LogP contribution in [0, 0.1) is 0 Å². The van der Waals surface area contributed by atoms with Gasteiger partial charge in [0.15, 0.2) is 5.82 Å². The summed E-state index contributed by atoms with van der Waals surface area (Å²) in [6.07, 6.45) is 6.87. The normalized spacial score (nSPS) is 20.7. The number of aromatic nitrogens is 2. The molecule has 0 saturated carbocycles. The molecule has 1 fully saturated rings. The lowest BCUT2D eigenvalue weighted by atomic mass is 10.1. The van der Waals surface area contributed by atoms with Crippen molar-refractivity contribution in [2.75, 3.05) is 18.5 Å². The van der Waals surface area contributed by atoms with Crippen LogP contribution in [0.25, 0.3) is 0 Å². The molecule has 1 N–H and O–H groups in total. The van der Waals surface area contributed by atoms with Crippen LogP contribution in [0.15, 0.2) is 17.2 Å². The Hall–Kier alpha value is -1.36. The molecular weight excluding hydrogens is 206 g/mol. The number of hydrogen-bond acceptors (Lipinski definition) is 4. The molecule has 2 rings (SSSR count). The molecule has 0 radical (unpaired) electrons. The standard InChI is InChI=1S/C11H17N3O2/c1-14-6-5-12-10(11(14)15)13-8-9-4-2-3-7-16-9/h5-6,9H,2-4,7-8H2,1H3,(H,12,13). The minimum atomic E-state index is -0.0988. The summed E-state index contributed by atoms with van der Waals surface area (Å²) in [6, 6.07) is 0. The molecule has 5 heteroatoms. The Balaban J connectivity index is 1.94. The molecular formula is C11H17N3O2. The topological polar surface area (TPSA) is 56.1 Å². The molecule has 0 aliphatic carbocycles. The number of hydrogen-bond donors (Lipinski definition) is 1. The molecule has 1 aliphatic heterocycles. The maximum Gasteiger partial charge on any atom is 0.293 e. The zero-order chi connectivity index (χ0) is 11.4. The molecule has 0 bridgehead atoms. The zero-order valence-corrected chi connectivity index (χ0v) is 9.48. The first-order chi connectivity index (χ1) is 7.77. The van der Waals surface area contributed by atoms with Crippen molar-refractivity contribution in [1.29, 1.82) is 0 Å². The van der Waals surface area contributed by atoms with Crippen molar-refractivity contribution in [2.24, 2.45) is 7.05 Å². The molecule has 5 nitrogen and oxygen atoms in total. The molecule has 1 saturated heterocycles. The predicted molar refractivity (Wildman–Crippen MR) is 61.6 cm³/mol. The lowest BCUT2D eigenvalue weighted by Crippen LogP contribution is -2.30. The average molecular weight is 223 g/mol. The fourth-order valence-corrected chi connectivity index (χ4v) is 1.80. The Bertz CT molecular complexity index is 396. The summed E-state index contributed by atoms with van der Waals surface area (Å²) in [4.78, 5) is 15.7. The van der Waals surface area contributed by atoms with Crippen LogP contribution in [0.1, 0.15) is 19.3 Å². The second kappa shape index (κ2) is 5.12. The molecule has 2 heterocycles. The smallest absolute Gasteiger partial charge is 0.293 e. The molecule has 88 valence electrons. The SMILES string of the molecule is Cn1ccnc(NCC2CCCCO2)c1=O. The van der Waals surface area contributed by atoms with E-state index in [0.717, 1.165) is 19.4 Å². The van der Waals surface area contributed by atoms with E-state index in [-0.39, 0.29) is 11.7 Å². The molecule has 0 amide bonds. The van der Waals surface area contributed by atoms with E-state index in [1.807, 2.05) is 0 Å². The molecule has 1 aromatic rings. The lowest BCUT2D eigenvalue weighted by molar-refractivity contribution is 0.0247. The van der Waals surface area contributed by atoms with Gasteiger partial charge < -0.3 is 14.6 Å². The Morgan fingerprint density at radius 1 is 1.62 bits per heavy atom. The molecule has 1 atom stereocenters. The van der Waals surface area contributed by atoms with Crippen molar-refractivity contribution >= 4 is 5.82 Å². The first-order valence-corrected chi connectivity index (χ1v) is 5.64. The number of aryl methyl sites for hydroxylation is 1. The van der Waals surface area contributed by atoms with Crippen LogP contribution in [0.4, 0.5) is 5.82 Å². The first kappa shape index (κ1) is 11.1. The third-order valence-corrected chi connectivity index (χ3v) is 2.79. The van der Waals surface area contributed by atoms with E-state index >= 15 is 0 Å². The number of ether oxygens (including phenoxy) is 1. The quantitative estimate of drug-likeness (QED) is 0.822. The first-order valence-electron chi connectivity index (χ1n) is 5.64. The van der Waals surface area contributed by atoms with E-state index in [0.29, 0.717) is 12.4 Å². The van der Waals surface area contributed by atoms with Crippen LogP contribution in [-0.4, -0.2) is 28.8 Å². The van der Waals surface area contributed by atoms with Gasteiger partial charge in [-0.3, -0.25) is 4.79 Å². The van der Waals surface area contributed by atoms with Gasteiger partial charge in [0.25, 0.3) is 5.56 Å². The number of rotatable bonds is 3. The van der Waals surface area contributed by atoms with E-state index in [4.69, 9.17) is 4.74 Å². The third-order valence-electron chi connectivity index (χ3n) is 2.79. The average Bonchev–Trinajstić information content (AvgIpc) is 2.32. The van der Waals surface area contributed by atoms with Crippen molar-refractivity contribution < 1.29 is 4.74 Å². The largest absolute Gasteiger partial charge is 0.376 e. The van der Waals surface area contributed by atoms with Gasteiger partial charge >= 0.3 is 0 Å². The van der Waals surface area contributed by atoms with Crippen LogP contribution in [0.2, 0.25) is 0 Å². The molecule has 0 aromatic carbocycles. The zero-order valence-electron chi connectivity index (χ0n) is 9.48. The van der Waals surface area contributed by atoms with E-state index < -0.39 is 0 Å². The summed E-state index contributed by atoms with van der Waals surface area (Å²) in [7, 11) is 1.71. The van der Waals surface area contributed by atoms with Crippen LogP contribution in [0.5, 0.6) is 0 Å². The van der Waals surface area contributed by atoms with Crippen molar-refractivity contribution in [3.63, 3.8) is 0 Å². The Morgan fingerprint density at radius 3 is 3.25 bits per heavy atom. The van der Waals surface area contributed by atoms with Crippen molar-refractivity contribution in [2.45, 2.75) is 25.4 Å².